The highest BCUT2D eigenvalue weighted by atomic mass is 16.2. The number of nitriles is 1. The Balaban J connectivity index is 0.00000112. The highest BCUT2D eigenvalue weighted by molar-refractivity contribution is 5.93. The van der Waals surface area contributed by atoms with Gasteiger partial charge in [-0.3, -0.25) is 14.6 Å². The second-order valence-corrected chi connectivity index (χ2v) is 9.97. The molecule has 1 aliphatic carbocycles. The summed E-state index contributed by atoms with van der Waals surface area (Å²) in [6.45, 7) is 5.91. The van der Waals surface area contributed by atoms with Crippen LogP contribution in [0.5, 0.6) is 0 Å². The van der Waals surface area contributed by atoms with E-state index in [9.17, 15) is 10.1 Å². The van der Waals surface area contributed by atoms with Crippen molar-refractivity contribution >= 4 is 18.1 Å². The number of hydrogen-bond acceptors (Lipinski definition) is 6. The molecule has 4 aromatic rings. The minimum atomic E-state index is -0.565. The van der Waals surface area contributed by atoms with Gasteiger partial charge in [0, 0.05) is 23.2 Å². The van der Waals surface area contributed by atoms with Crippen molar-refractivity contribution < 1.29 is 9.59 Å². The van der Waals surface area contributed by atoms with Gasteiger partial charge in [-0.25, -0.2) is 9.97 Å². The Morgan fingerprint density at radius 2 is 1.77 bits per heavy atom. The molecule has 0 atom stereocenters. The number of nitrogens with zero attached hydrogens (tertiary/aromatic N) is 4. The number of carbonyl (C=O) groups excluding carboxylic acids is 2. The number of pyridine rings is 1. The molecule has 2 aromatic carbocycles. The topological polar surface area (TPSA) is 135 Å². The summed E-state index contributed by atoms with van der Waals surface area (Å²) in [5, 5.41) is 12.5. The normalized spacial score (nSPS) is 12.5. The molecule has 2 amide bonds. The molecule has 1 aliphatic rings. The lowest BCUT2D eigenvalue weighted by Gasteiger charge is -2.17. The summed E-state index contributed by atoms with van der Waals surface area (Å²) in [7, 11) is 0. The number of rotatable bonds is 6. The Bertz CT molecular complexity index is 1550. The molecule has 2 aromatic heterocycles. The van der Waals surface area contributed by atoms with Crippen molar-refractivity contribution in [2.45, 2.75) is 39.0 Å². The number of aryl methyl sites for hydroxylation is 1. The average molecular weight is 519 g/mol. The number of benzene rings is 2. The van der Waals surface area contributed by atoms with Crippen LogP contribution in [0, 0.1) is 24.2 Å². The van der Waals surface area contributed by atoms with Gasteiger partial charge in [-0.2, -0.15) is 5.26 Å². The van der Waals surface area contributed by atoms with Crippen molar-refractivity contribution in [2.24, 2.45) is 11.7 Å². The van der Waals surface area contributed by atoms with Crippen molar-refractivity contribution in [3.8, 4) is 39.7 Å². The van der Waals surface area contributed by atoms with Crippen molar-refractivity contribution in [1.82, 2.24) is 15.0 Å². The van der Waals surface area contributed by atoms with Crippen LogP contribution in [0.4, 0.5) is 5.82 Å². The molecule has 8 heteroatoms. The molecule has 0 saturated heterocycles. The summed E-state index contributed by atoms with van der Waals surface area (Å²) < 4.78 is 0. The van der Waals surface area contributed by atoms with Gasteiger partial charge in [0.2, 0.25) is 12.3 Å². The van der Waals surface area contributed by atoms with E-state index in [4.69, 9.17) is 9.78 Å². The van der Waals surface area contributed by atoms with Gasteiger partial charge in [0.05, 0.1) is 35.3 Å². The third-order valence-corrected chi connectivity index (χ3v) is 6.60. The van der Waals surface area contributed by atoms with Crippen molar-refractivity contribution in [2.75, 3.05) is 5.32 Å². The van der Waals surface area contributed by atoms with E-state index in [0.29, 0.717) is 11.5 Å². The maximum absolute atomic E-state index is 12.1. The van der Waals surface area contributed by atoms with Gasteiger partial charge < -0.3 is 11.1 Å². The summed E-state index contributed by atoms with van der Waals surface area (Å²) in [6.07, 6.45) is 7.29. The molecule has 8 nitrogen and oxygen atoms in total. The van der Waals surface area contributed by atoms with E-state index in [1.165, 1.54) is 0 Å². The van der Waals surface area contributed by atoms with E-state index < -0.39 is 5.41 Å². The number of aromatic nitrogens is 3. The lowest BCUT2D eigenvalue weighted by Crippen LogP contribution is -2.14. The molecular formula is C31H30N6O2. The van der Waals surface area contributed by atoms with Crippen molar-refractivity contribution in [1.29, 1.82) is 5.26 Å². The van der Waals surface area contributed by atoms with Gasteiger partial charge in [0.25, 0.3) is 0 Å². The maximum Gasteiger partial charge on any atom is 0.228 e. The van der Waals surface area contributed by atoms with Crippen LogP contribution < -0.4 is 11.1 Å². The van der Waals surface area contributed by atoms with Crippen LogP contribution in [0.2, 0.25) is 0 Å². The fourth-order valence-corrected chi connectivity index (χ4v) is 4.10. The predicted molar refractivity (Wildman–Crippen MR) is 151 cm³/mol. The molecule has 0 radical (unpaired) electrons. The summed E-state index contributed by atoms with van der Waals surface area (Å²) >= 11 is 0. The van der Waals surface area contributed by atoms with E-state index >= 15 is 0 Å². The van der Waals surface area contributed by atoms with Crippen molar-refractivity contribution in [3.05, 3.63) is 84.3 Å². The SMILES string of the molecule is Cc1ccc(-c2cccc(C(C)(C)C#N)c2)cc1-c1cncc(-c2ccnc(NC(=O)C3CC3)c2)n1.NC=O. The summed E-state index contributed by atoms with van der Waals surface area (Å²) in [5.74, 6) is 0.657. The number of carbonyl (C=O) groups is 2. The highest BCUT2D eigenvalue weighted by Crippen LogP contribution is 2.33. The maximum atomic E-state index is 12.1. The number of amides is 2. The van der Waals surface area contributed by atoms with Crippen LogP contribution in [0.1, 0.15) is 37.8 Å². The van der Waals surface area contributed by atoms with Gasteiger partial charge in [0.1, 0.15) is 5.82 Å². The van der Waals surface area contributed by atoms with E-state index in [2.05, 4.69) is 64.3 Å². The van der Waals surface area contributed by atoms with E-state index in [0.717, 1.165) is 51.9 Å². The van der Waals surface area contributed by atoms with Crippen molar-refractivity contribution in [3.63, 3.8) is 0 Å². The standard InChI is InChI=1S/C30H27N5O.CH3NO/c1-19-7-8-22(21-5-4-6-24(13-21)30(2,3)18-31)14-25(19)27-17-32-16-26(34-27)23-11-12-33-28(15-23)35-29(36)20-9-10-20;2-1-3/h4-8,11-17,20H,9-10H2,1-3H3,(H,33,35,36);1H,(H2,2,3). The van der Waals surface area contributed by atoms with Crippen LogP contribution in [0.25, 0.3) is 33.6 Å². The number of anilines is 1. The first-order valence-corrected chi connectivity index (χ1v) is 12.6. The van der Waals surface area contributed by atoms with Gasteiger partial charge in [-0.1, -0.05) is 30.3 Å². The lowest BCUT2D eigenvalue weighted by molar-refractivity contribution is -0.117. The molecule has 5 rings (SSSR count). The van der Waals surface area contributed by atoms with Crippen LogP contribution in [0.15, 0.2) is 73.2 Å². The predicted octanol–water partition coefficient (Wildman–Crippen LogP) is 5.43. The Hall–Kier alpha value is -4.90. The summed E-state index contributed by atoms with van der Waals surface area (Å²) in [5.41, 5.74) is 11.1. The lowest BCUT2D eigenvalue weighted by atomic mass is 9.84. The largest absolute Gasteiger partial charge is 0.372 e. The van der Waals surface area contributed by atoms with Gasteiger partial charge in [-0.05, 0) is 80.1 Å². The quantitative estimate of drug-likeness (QED) is 0.327. The van der Waals surface area contributed by atoms with E-state index in [1.54, 1.807) is 18.6 Å². The molecule has 196 valence electrons. The molecule has 0 aliphatic heterocycles. The summed E-state index contributed by atoms with van der Waals surface area (Å²) in [4.78, 5) is 34.4. The molecule has 0 bridgehead atoms. The number of nitrogens with one attached hydrogen (secondary N) is 1. The van der Waals surface area contributed by atoms with Crippen LogP contribution in [-0.2, 0) is 15.0 Å². The van der Waals surface area contributed by atoms with Crippen LogP contribution in [-0.4, -0.2) is 27.3 Å². The fraction of sp³-hybridized carbons (Fsp3) is 0.226. The highest BCUT2D eigenvalue weighted by Gasteiger charge is 2.29. The minimum Gasteiger partial charge on any atom is -0.372 e. The van der Waals surface area contributed by atoms with Gasteiger partial charge in [0.15, 0.2) is 0 Å². The summed E-state index contributed by atoms with van der Waals surface area (Å²) in [6, 6.07) is 20.5. The second kappa shape index (κ2) is 11.7. The second-order valence-electron chi connectivity index (χ2n) is 9.97. The zero-order chi connectivity index (χ0) is 28.0. The average Bonchev–Trinajstić information content (AvgIpc) is 3.80. The molecule has 1 fully saturated rings. The van der Waals surface area contributed by atoms with E-state index in [1.807, 2.05) is 38.1 Å². The molecule has 39 heavy (non-hydrogen) atoms. The molecular weight excluding hydrogens is 488 g/mol. The smallest absolute Gasteiger partial charge is 0.228 e. The molecule has 3 N–H and O–H groups in total. The Morgan fingerprint density at radius 3 is 2.49 bits per heavy atom. The third kappa shape index (κ3) is 6.51. The molecule has 0 spiro atoms. The Kier molecular flexibility index (Phi) is 8.11. The first kappa shape index (κ1) is 27.1. The van der Waals surface area contributed by atoms with Gasteiger partial charge in [-0.15, -0.1) is 0 Å². The zero-order valence-corrected chi connectivity index (χ0v) is 22.2. The van der Waals surface area contributed by atoms with Crippen LogP contribution >= 0.6 is 0 Å². The Morgan fingerprint density at radius 1 is 1.05 bits per heavy atom. The third-order valence-electron chi connectivity index (χ3n) is 6.60. The molecule has 0 unspecified atom stereocenters. The first-order chi connectivity index (χ1) is 18.7. The monoisotopic (exact) mass is 518 g/mol. The zero-order valence-electron chi connectivity index (χ0n) is 22.2. The number of nitrogens with two attached hydrogens (primary N) is 1. The van der Waals surface area contributed by atoms with E-state index in [-0.39, 0.29) is 18.2 Å². The number of primary amides is 1. The Labute approximate surface area is 228 Å². The minimum absolute atomic E-state index is 0.0224. The number of hydrogen-bond donors (Lipinski definition) is 2. The first-order valence-electron chi connectivity index (χ1n) is 12.6. The van der Waals surface area contributed by atoms with Gasteiger partial charge >= 0.3 is 0 Å². The van der Waals surface area contributed by atoms with Crippen LogP contribution in [0.3, 0.4) is 0 Å². The molecule has 1 saturated carbocycles. The molecule has 2 heterocycles. The fourth-order valence-electron chi connectivity index (χ4n) is 4.10.